The summed E-state index contributed by atoms with van der Waals surface area (Å²) in [6, 6.07) is 8.01. The summed E-state index contributed by atoms with van der Waals surface area (Å²) in [5.41, 5.74) is 3.22. The van der Waals surface area contributed by atoms with Crippen molar-refractivity contribution in [2.75, 3.05) is 0 Å². The molecular weight excluding hydrogens is 198 g/mol. The van der Waals surface area contributed by atoms with E-state index in [1.165, 1.54) is 18.4 Å². The van der Waals surface area contributed by atoms with Crippen molar-refractivity contribution in [3.63, 3.8) is 0 Å². The molecule has 1 aliphatic rings. The monoisotopic (exact) mass is 213 g/mol. The van der Waals surface area contributed by atoms with Crippen LogP contribution in [0.2, 0.25) is 0 Å². The normalized spacial score (nSPS) is 15.6. The molecule has 0 atom stereocenters. The van der Waals surface area contributed by atoms with Gasteiger partial charge in [-0.25, -0.2) is 4.98 Å². The smallest absolute Gasteiger partial charge is 0.138 e. The largest absolute Gasteiger partial charge is 0.506 e. The SMILES string of the molecule is CCc1cccc2cc(O)c(C3CC3)nc12. The van der Waals surface area contributed by atoms with E-state index in [-0.39, 0.29) is 0 Å². The molecular formula is C14H15NO. The second kappa shape index (κ2) is 3.48. The Morgan fingerprint density at radius 3 is 2.88 bits per heavy atom. The Balaban J connectivity index is 2.27. The highest BCUT2D eigenvalue weighted by atomic mass is 16.3. The molecule has 0 unspecified atom stereocenters. The Bertz CT molecular complexity index is 544. The third-order valence-corrected chi connectivity index (χ3v) is 3.28. The van der Waals surface area contributed by atoms with Crippen LogP contribution < -0.4 is 0 Å². The van der Waals surface area contributed by atoms with Crippen LogP contribution in [0, 0.1) is 0 Å². The summed E-state index contributed by atoms with van der Waals surface area (Å²) in [5, 5.41) is 11.0. The van der Waals surface area contributed by atoms with Crippen molar-refractivity contribution < 1.29 is 5.11 Å². The summed E-state index contributed by atoms with van der Waals surface area (Å²) in [5.74, 6) is 0.859. The van der Waals surface area contributed by atoms with Gasteiger partial charge in [-0.15, -0.1) is 0 Å². The van der Waals surface area contributed by atoms with Crippen LogP contribution in [0.1, 0.15) is 36.9 Å². The summed E-state index contributed by atoms with van der Waals surface area (Å²) in [6.45, 7) is 2.14. The highest BCUT2D eigenvalue weighted by molar-refractivity contribution is 5.83. The van der Waals surface area contributed by atoms with E-state index in [1.54, 1.807) is 0 Å². The van der Waals surface area contributed by atoms with Gasteiger partial charge in [0.2, 0.25) is 0 Å². The second-order valence-electron chi connectivity index (χ2n) is 4.51. The molecule has 0 bridgehead atoms. The zero-order chi connectivity index (χ0) is 11.1. The molecule has 3 rings (SSSR count). The predicted octanol–water partition coefficient (Wildman–Crippen LogP) is 3.38. The lowest BCUT2D eigenvalue weighted by molar-refractivity contribution is 0.465. The maximum atomic E-state index is 9.92. The molecule has 2 nitrogen and oxygen atoms in total. The Morgan fingerprint density at radius 1 is 1.38 bits per heavy atom. The summed E-state index contributed by atoms with van der Waals surface area (Å²) in [4.78, 5) is 4.66. The van der Waals surface area contributed by atoms with E-state index >= 15 is 0 Å². The maximum absolute atomic E-state index is 9.92. The average Bonchev–Trinajstić information content (AvgIpc) is 3.11. The average molecular weight is 213 g/mol. The van der Waals surface area contributed by atoms with E-state index in [0.717, 1.165) is 23.0 Å². The van der Waals surface area contributed by atoms with Crippen LogP contribution in [0.5, 0.6) is 5.75 Å². The molecule has 2 aromatic rings. The summed E-state index contributed by atoms with van der Waals surface area (Å²) >= 11 is 0. The van der Waals surface area contributed by atoms with Crippen LogP contribution in [0.15, 0.2) is 24.3 Å². The lowest BCUT2D eigenvalue weighted by Crippen LogP contribution is -1.92. The van der Waals surface area contributed by atoms with E-state index < -0.39 is 0 Å². The quantitative estimate of drug-likeness (QED) is 0.829. The number of aromatic nitrogens is 1. The number of benzene rings is 1. The first-order valence-corrected chi connectivity index (χ1v) is 5.91. The first-order chi connectivity index (χ1) is 7.79. The molecule has 1 fully saturated rings. The van der Waals surface area contributed by atoms with Crippen LogP contribution in [0.3, 0.4) is 0 Å². The molecule has 1 N–H and O–H groups in total. The first-order valence-electron chi connectivity index (χ1n) is 5.91. The van der Waals surface area contributed by atoms with Gasteiger partial charge in [0.15, 0.2) is 0 Å². The van der Waals surface area contributed by atoms with E-state index in [2.05, 4.69) is 18.0 Å². The molecule has 0 spiro atoms. The fraction of sp³-hybridized carbons (Fsp3) is 0.357. The molecule has 1 aromatic carbocycles. The van der Waals surface area contributed by atoms with Gasteiger partial charge < -0.3 is 5.11 Å². The number of fused-ring (bicyclic) bond motifs is 1. The molecule has 0 radical (unpaired) electrons. The fourth-order valence-corrected chi connectivity index (χ4v) is 2.21. The zero-order valence-corrected chi connectivity index (χ0v) is 9.40. The summed E-state index contributed by atoms with van der Waals surface area (Å²) in [6.07, 6.45) is 3.32. The van der Waals surface area contributed by atoms with Crippen molar-refractivity contribution in [2.24, 2.45) is 0 Å². The number of hydrogen-bond acceptors (Lipinski definition) is 2. The number of rotatable bonds is 2. The van der Waals surface area contributed by atoms with E-state index in [0.29, 0.717) is 11.7 Å². The standard InChI is InChI=1S/C14H15NO/c1-2-9-4-3-5-11-8-12(16)14(10-6-7-10)15-13(9)11/h3-5,8,10,16H,2,6-7H2,1H3. The van der Waals surface area contributed by atoms with Crippen LogP contribution in [0.4, 0.5) is 0 Å². The zero-order valence-electron chi connectivity index (χ0n) is 9.40. The second-order valence-corrected chi connectivity index (χ2v) is 4.51. The third-order valence-electron chi connectivity index (χ3n) is 3.28. The van der Waals surface area contributed by atoms with Crippen molar-refractivity contribution in [1.29, 1.82) is 0 Å². The van der Waals surface area contributed by atoms with E-state index in [9.17, 15) is 5.11 Å². The van der Waals surface area contributed by atoms with Crippen LogP contribution >= 0.6 is 0 Å². The van der Waals surface area contributed by atoms with E-state index in [4.69, 9.17) is 0 Å². The number of aromatic hydroxyl groups is 1. The van der Waals surface area contributed by atoms with Crippen molar-refractivity contribution >= 4 is 10.9 Å². The molecule has 1 saturated carbocycles. The number of para-hydroxylation sites is 1. The van der Waals surface area contributed by atoms with Crippen molar-refractivity contribution in [3.05, 3.63) is 35.5 Å². The van der Waals surface area contributed by atoms with Crippen molar-refractivity contribution in [3.8, 4) is 5.75 Å². The lowest BCUT2D eigenvalue weighted by Gasteiger charge is -2.07. The van der Waals surface area contributed by atoms with Gasteiger partial charge in [-0.05, 0) is 30.9 Å². The minimum Gasteiger partial charge on any atom is -0.506 e. The fourth-order valence-electron chi connectivity index (χ4n) is 2.21. The predicted molar refractivity (Wildman–Crippen MR) is 64.8 cm³/mol. The van der Waals surface area contributed by atoms with Gasteiger partial charge in [-0.2, -0.15) is 0 Å². The lowest BCUT2D eigenvalue weighted by atomic mass is 10.1. The highest BCUT2D eigenvalue weighted by Crippen LogP contribution is 2.43. The van der Waals surface area contributed by atoms with Gasteiger partial charge in [-0.3, -0.25) is 0 Å². The van der Waals surface area contributed by atoms with Gasteiger partial charge in [0, 0.05) is 11.3 Å². The topological polar surface area (TPSA) is 33.1 Å². The maximum Gasteiger partial charge on any atom is 0.138 e. The molecule has 0 aliphatic heterocycles. The van der Waals surface area contributed by atoms with Crippen molar-refractivity contribution in [1.82, 2.24) is 4.98 Å². The molecule has 1 aromatic heterocycles. The first kappa shape index (κ1) is 9.64. The summed E-state index contributed by atoms with van der Waals surface area (Å²) < 4.78 is 0. The van der Waals surface area contributed by atoms with Crippen LogP contribution in [-0.4, -0.2) is 10.1 Å². The van der Waals surface area contributed by atoms with Gasteiger partial charge in [0.1, 0.15) is 5.75 Å². The number of nitrogens with zero attached hydrogens (tertiary/aromatic N) is 1. The number of pyridine rings is 1. The number of aryl methyl sites for hydroxylation is 1. The Kier molecular flexibility index (Phi) is 2.10. The minimum absolute atomic E-state index is 0.364. The van der Waals surface area contributed by atoms with E-state index in [1.807, 2.05) is 18.2 Å². The minimum atomic E-state index is 0.364. The molecule has 1 aliphatic carbocycles. The van der Waals surface area contributed by atoms with Gasteiger partial charge in [-0.1, -0.05) is 25.1 Å². The van der Waals surface area contributed by atoms with Gasteiger partial charge in [0.05, 0.1) is 11.2 Å². The molecule has 0 saturated heterocycles. The van der Waals surface area contributed by atoms with Gasteiger partial charge in [0.25, 0.3) is 0 Å². The highest BCUT2D eigenvalue weighted by Gasteiger charge is 2.28. The van der Waals surface area contributed by atoms with Gasteiger partial charge >= 0.3 is 0 Å². The Labute approximate surface area is 94.9 Å². The molecule has 0 amide bonds. The third kappa shape index (κ3) is 1.45. The molecule has 1 heterocycles. The molecule has 82 valence electrons. The molecule has 2 heteroatoms. The molecule has 16 heavy (non-hydrogen) atoms. The number of hydrogen-bond donors (Lipinski definition) is 1. The van der Waals surface area contributed by atoms with Crippen LogP contribution in [0.25, 0.3) is 10.9 Å². The Hall–Kier alpha value is -1.57. The summed E-state index contributed by atoms with van der Waals surface area (Å²) in [7, 11) is 0. The van der Waals surface area contributed by atoms with Crippen molar-refractivity contribution in [2.45, 2.75) is 32.1 Å². The van der Waals surface area contributed by atoms with Crippen LogP contribution in [-0.2, 0) is 6.42 Å². The Morgan fingerprint density at radius 2 is 2.19 bits per heavy atom.